The number of aryl methyl sites for hydroxylation is 1. The molecule has 0 radical (unpaired) electrons. The van der Waals surface area contributed by atoms with E-state index >= 15 is 0 Å². The Labute approximate surface area is 206 Å². The molecule has 9 heteroatoms. The number of aromatic nitrogens is 1. The lowest BCUT2D eigenvalue weighted by molar-refractivity contribution is -0.144. The third-order valence-corrected chi connectivity index (χ3v) is 5.40. The van der Waals surface area contributed by atoms with Gasteiger partial charge in [-0.05, 0) is 43.5 Å². The Kier molecular flexibility index (Phi) is 9.76. The number of esters is 1. The fourth-order valence-electron chi connectivity index (χ4n) is 3.60. The van der Waals surface area contributed by atoms with Crippen LogP contribution in [0.4, 0.5) is 0 Å². The Balaban J connectivity index is 2.03. The van der Waals surface area contributed by atoms with E-state index in [0.717, 1.165) is 23.5 Å². The van der Waals surface area contributed by atoms with Crippen molar-refractivity contribution in [1.29, 1.82) is 5.26 Å². The van der Waals surface area contributed by atoms with Crippen LogP contribution in [-0.4, -0.2) is 44.4 Å². The van der Waals surface area contributed by atoms with Crippen molar-refractivity contribution in [3.05, 3.63) is 46.3 Å². The van der Waals surface area contributed by atoms with Gasteiger partial charge in [-0.25, -0.2) is 4.79 Å². The minimum atomic E-state index is -0.861. The largest absolute Gasteiger partial charge is 0.496 e. The van der Waals surface area contributed by atoms with E-state index in [-0.39, 0.29) is 12.1 Å². The van der Waals surface area contributed by atoms with Gasteiger partial charge in [0.25, 0.3) is 5.91 Å². The smallest absolute Gasteiger partial charge is 0.349 e. The van der Waals surface area contributed by atoms with Gasteiger partial charge >= 0.3 is 5.97 Å². The number of nitriles is 1. The van der Waals surface area contributed by atoms with E-state index in [1.54, 1.807) is 12.1 Å². The Morgan fingerprint density at radius 3 is 2.26 bits per heavy atom. The van der Waals surface area contributed by atoms with E-state index in [9.17, 15) is 14.9 Å². The number of ether oxygens (including phenoxy) is 4. The molecule has 0 aliphatic heterocycles. The fraction of sp³-hybridized carbons (Fsp3) is 0.423. The Hall–Kier alpha value is -3.93. The molecule has 1 heterocycles. The molecule has 1 aromatic heterocycles. The van der Waals surface area contributed by atoms with Crippen molar-refractivity contribution in [1.82, 2.24) is 9.88 Å². The molecule has 0 aliphatic carbocycles. The van der Waals surface area contributed by atoms with Crippen molar-refractivity contribution in [2.24, 2.45) is 5.92 Å². The molecule has 0 fully saturated rings. The topological polar surface area (TPSA) is 112 Å². The average molecular weight is 484 g/mol. The summed E-state index contributed by atoms with van der Waals surface area (Å²) < 4.78 is 23.1. The molecule has 0 saturated carbocycles. The summed E-state index contributed by atoms with van der Waals surface area (Å²) in [5.74, 6) is 0.552. The predicted octanol–water partition coefficient (Wildman–Crippen LogP) is 3.55. The standard InChI is InChI=1S/C26H33N3O6/c1-16(2)14-29-17(3)8-19(18(29)4)9-20(12-27)26(31)35-15-25(30)28-13-21-10-23(33-6)24(34-7)11-22(21)32-5/h8-11,16H,13-15H2,1-7H3,(H,28,30)/b20-9+. The molecule has 0 atom stereocenters. The van der Waals surface area contributed by atoms with E-state index in [4.69, 9.17) is 18.9 Å². The number of rotatable bonds is 11. The molecule has 0 spiro atoms. The summed E-state index contributed by atoms with van der Waals surface area (Å²) in [5, 5.41) is 12.1. The number of amides is 1. The molecular weight excluding hydrogens is 450 g/mol. The van der Waals surface area contributed by atoms with E-state index in [1.165, 1.54) is 27.4 Å². The van der Waals surface area contributed by atoms with Crippen LogP contribution in [0, 0.1) is 31.1 Å². The Bertz CT molecular complexity index is 1140. The zero-order valence-corrected chi connectivity index (χ0v) is 21.4. The molecule has 1 amide bonds. The highest BCUT2D eigenvalue weighted by atomic mass is 16.5. The maximum atomic E-state index is 12.4. The van der Waals surface area contributed by atoms with Crippen LogP contribution in [0.3, 0.4) is 0 Å². The van der Waals surface area contributed by atoms with Gasteiger partial charge in [0.15, 0.2) is 18.1 Å². The molecule has 9 nitrogen and oxygen atoms in total. The van der Waals surface area contributed by atoms with Gasteiger partial charge in [0.1, 0.15) is 17.4 Å². The number of carbonyl (C=O) groups excluding carboxylic acids is 2. The van der Waals surface area contributed by atoms with Gasteiger partial charge in [0, 0.05) is 36.1 Å². The summed E-state index contributed by atoms with van der Waals surface area (Å²) in [5.41, 5.74) is 3.24. The van der Waals surface area contributed by atoms with Crippen LogP contribution in [0.25, 0.3) is 6.08 Å². The van der Waals surface area contributed by atoms with Crippen LogP contribution in [0.5, 0.6) is 17.2 Å². The van der Waals surface area contributed by atoms with Crippen molar-refractivity contribution in [3.63, 3.8) is 0 Å². The Morgan fingerprint density at radius 2 is 1.69 bits per heavy atom. The lowest BCUT2D eigenvalue weighted by atomic mass is 10.1. The number of hydrogen-bond acceptors (Lipinski definition) is 7. The summed E-state index contributed by atoms with van der Waals surface area (Å²) >= 11 is 0. The van der Waals surface area contributed by atoms with Crippen molar-refractivity contribution in [3.8, 4) is 23.3 Å². The van der Waals surface area contributed by atoms with Gasteiger partial charge in [0.05, 0.1) is 21.3 Å². The first-order valence-electron chi connectivity index (χ1n) is 11.2. The zero-order valence-electron chi connectivity index (χ0n) is 21.4. The first kappa shape index (κ1) is 27.3. The third-order valence-electron chi connectivity index (χ3n) is 5.40. The first-order valence-corrected chi connectivity index (χ1v) is 11.2. The maximum Gasteiger partial charge on any atom is 0.349 e. The molecular formula is C26H33N3O6. The molecule has 0 aliphatic rings. The quantitative estimate of drug-likeness (QED) is 0.295. The SMILES string of the molecule is COc1cc(OC)c(OC)cc1CNC(=O)COC(=O)/C(C#N)=C/c1cc(C)n(CC(C)C)c1C. The lowest BCUT2D eigenvalue weighted by Crippen LogP contribution is -2.28. The number of nitrogens with one attached hydrogen (secondary N) is 1. The fourth-order valence-corrected chi connectivity index (χ4v) is 3.60. The summed E-state index contributed by atoms with van der Waals surface area (Å²) in [6, 6.07) is 7.14. The summed E-state index contributed by atoms with van der Waals surface area (Å²) in [6.45, 7) is 8.59. The third kappa shape index (κ3) is 7.03. The van der Waals surface area contributed by atoms with Gasteiger partial charge in [-0.3, -0.25) is 4.79 Å². The Morgan fingerprint density at radius 1 is 1.06 bits per heavy atom. The van der Waals surface area contributed by atoms with Gasteiger partial charge < -0.3 is 28.8 Å². The summed E-state index contributed by atoms with van der Waals surface area (Å²) in [6.07, 6.45) is 1.49. The highest BCUT2D eigenvalue weighted by Gasteiger charge is 2.17. The van der Waals surface area contributed by atoms with E-state index in [0.29, 0.717) is 28.7 Å². The van der Waals surface area contributed by atoms with E-state index in [1.807, 2.05) is 26.0 Å². The summed E-state index contributed by atoms with van der Waals surface area (Å²) in [4.78, 5) is 24.7. The molecule has 188 valence electrons. The monoisotopic (exact) mass is 483 g/mol. The molecule has 0 unspecified atom stereocenters. The van der Waals surface area contributed by atoms with Crippen LogP contribution in [0.2, 0.25) is 0 Å². The molecule has 2 aromatic rings. The lowest BCUT2D eigenvalue weighted by Gasteiger charge is -2.14. The maximum absolute atomic E-state index is 12.4. The van der Waals surface area contributed by atoms with Gasteiger partial charge in [-0.2, -0.15) is 5.26 Å². The molecule has 2 rings (SSSR count). The van der Waals surface area contributed by atoms with Crippen molar-refractivity contribution >= 4 is 18.0 Å². The second-order valence-corrected chi connectivity index (χ2v) is 8.37. The van der Waals surface area contributed by atoms with Crippen LogP contribution in [0.15, 0.2) is 23.8 Å². The van der Waals surface area contributed by atoms with Crippen LogP contribution in [-0.2, 0) is 27.4 Å². The van der Waals surface area contributed by atoms with Crippen LogP contribution >= 0.6 is 0 Å². The first-order chi connectivity index (χ1) is 16.6. The highest BCUT2D eigenvalue weighted by Crippen LogP contribution is 2.34. The molecule has 35 heavy (non-hydrogen) atoms. The number of hydrogen-bond donors (Lipinski definition) is 1. The molecule has 1 N–H and O–H groups in total. The minimum Gasteiger partial charge on any atom is -0.496 e. The second-order valence-electron chi connectivity index (χ2n) is 8.37. The van der Waals surface area contributed by atoms with Crippen LogP contribution < -0.4 is 19.5 Å². The summed E-state index contributed by atoms with van der Waals surface area (Å²) in [7, 11) is 4.53. The number of carbonyl (C=O) groups is 2. The normalized spacial score (nSPS) is 11.1. The minimum absolute atomic E-state index is 0.114. The van der Waals surface area contributed by atoms with Crippen LogP contribution in [0.1, 0.15) is 36.4 Å². The predicted molar refractivity (Wildman–Crippen MR) is 131 cm³/mol. The van der Waals surface area contributed by atoms with Gasteiger partial charge in [0.2, 0.25) is 0 Å². The van der Waals surface area contributed by atoms with Gasteiger partial charge in [-0.15, -0.1) is 0 Å². The molecule has 1 aromatic carbocycles. The van der Waals surface area contributed by atoms with Gasteiger partial charge in [-0.1, -0.05) is 13.8 Å². The van der Waals surface area contributed by atoms with Crippen molar-refractivity contribution in [2.45, 2.75) is 40.8 Å². The second kappa shape index (κ2) is 12.5. The number of nitrogens with zero attached hydrogens (tertiary/aromatic N) is 2. The van der Waals surface area contributed by atoms with Crippen molar-refractivity contribution < 1.29 is 28.5 Å². The zero-order chi connectivity index (χ0) is 26.1. The molecule has 0 bridgehead atoms. The number of methoxy groups -OCH3 is 3. The van der Waals surface area contributed by atoms with Crippen molar-refractivity contribution in [2.75, 3.05) is 27.9 Å². The highest BCUT2D eigenvalue weighted by molar-refractivity contribution is 5.99. The van der Waals surface area contributed by atoms with E-state index in [2.05, 4.69) is 23.7 Å². The number of benzene rings is 1. The average Bonchev–Trinajstić information content (AvgIpc) is 3.10. The molecule has 0 saturated heterocycles. The van der Waals surface area contributed by atoms with E-state index < -0.39 is 18.5 Å².